The lowest BCUT2D eigenvalue weighted by Crippen LogP contribution is -2.52. The number of carbonyl (C=O) groups is 3. The van der Waals surface area contributed by atoms with Crippen molar-refractivity contribution in [2.24, 2.45) is 0 Å². The van der Waals surface area contributed by atoms with Gasteiger partial charge in [0.2, 0.25) is 0 Å². The number of nitrogens with zero attached hydrogens (tertiary/aromatic N) is 3. The van der Waals surface area contributed by atoms with Gasteiger partial charge in [0.15, 0.2) is 11.2 Å². The second-order valence-electron chi connectivity index (χ2n) is 11.1. The Balaban J connectivity index is 1.25. The molecule has 1 saturated heterocycles. The number of rotatable bonds is 8. The first-order valence-corrected chi connectivity index (χ1v) is 17.7. The monoisotopic (exact) mass is 702 g/mol. The molecule has 2 aliphatic heterocycles. The summed E-state index contributed by atoms with van der Waals surface area (Å²) in [4.78, 5) is 43.8. The Kier molecular flexibility index (Phi) is 9.25. The quantitative estimate of drug-likeness (QED) is 0.130. The zero-order valence-corrected chi connectivity index (χ0v) is 28.3. The zero-order valence-electron chi connectivity index (χ0n) is 25.8. The summed E-state index contributed by atoms with van der Waals surface area (Å²) < 4.78 is 38.4. The number of fused-ring (bicyclic) bond motifs is 4. The number of hydrogen-bond donors (Lipinski definition) is 2. The van der Waals surface area contributed by atoms with Crippen molar-refractivity contribution in [3.05, 3.63) is 113 Å². The number of carbonyl (C=O) groups excluding carboxylic acids is 3. The fraction of sp³-hybridized carbons (Fsp3) is 0.176. The molecule has 3 amide bonds. The van der Waals surface area contributed by atoms with Crippen LogP contribution in [0.25, 0.3) is 11.1 Å². The fourth-order valence-electron chi connectivity index (χ4n) is 5.78. The third kappa shape index (κ3) is 6.52. The molecule has 3 aromatic rings. The minimum atomic E-state index is -4.20. The summed E-state index contributed by atoms with van der Waals surface area (Å²) in [6.07, 6.45) is 5.21. The lowest BCUT2D eigenvalue weighted by Gasteiger charge is -2.31. The van der Waals surface area contributed by atoms with Gasteiger partial charge in [-0.25, -0.2) is 4.79 Å². The van der Waals surface area contributed by atoms with Gasteiger partial charge in [-0.15, -0.1) is 0 Å². The van der Waals surface area contributed by atoms with Crippen molar-refractivity contribution < 1.29 is 32.1 Å². The van der Waals surface area contributed by atoms with Crippen LogP contribution in [0.4, 0.5) is 16.2 Å². The number of likely N-dealkylation sites (N-methyl/N-ethyl adjacent to an activating group) is 2. The van der Waals surface area contributed by atoms with Gasteiger partial charge in [0.25, 0.3) is 21.9 Å². The molecule has 246 valence electrons. The molecule has 11 nitrogen and oxygen atoms in total. The highest BCUT2D eigenvalue weighted by molar-refractivity contribution is 8.03. The van der Waals surface area contributed by atoms with E-state index in [1.807, 2.05) is 59.5 Å². The van der Waals surface area contributed by atoms with Gasteiger partial charge in [-0.3, -0.25) is 29.3 Å². The summed E-state index contributed by atoms with van der Waals surface area (Å²) >= 11 is 6.52. The van der Waals surface area contributed by atoms with Crippen molar-refractivity contribution in [2.75, 3.05) is 36.6 Å². The van der Waals surface area contributed by atoms with Gasteiger partial charge in [0, 0.05) is 36.7 Å². The number of amides is 3. The van der Waals surface area contributed by atoms with Crippen LogP contribution >= 0.6 is 24.0 Å². The first-order valence-electron chi connectivity index (χ1n) is 14.8. The predicted molar refractivity (Wildman–Crippen MR) is 188 cm³/mol. The molecule has 0 radical (unpaired) electrons. The molecule has 0 spiro atoms. The molecule has 0 atom stereocenters. The van der Waals surface area contributed by atoms with E-state index in [9.17, 15) is 27.4 Å². The van der Waals surface area contributed by atoms with Crippen LogP contribution in [0.2, 0.25) is 0 Å². The molecule has 48 heavy (non-hydrogen) atoms. The van der Waals surface area contributed by atoms with Crippen molar-refractivity contribution in [3.63, 3.8) is 0 Å². The molecule has 6 rings (SSSR count). The van der Waals surface area contributed by atoms with Gasteiger partial charge in [0.05, 0.1) is 22.2 Å². The van der Waals surface area contributed by atoms with Crippen molar-refractivity contribution in [1.29, 1.82) is 0 Å². The average Bonchev–Trinajstić information content (AvgIpc) is 3.57. The third-order valence-corrected chi connectivity index (χ3v) is 10.5. The van der Waals surface area contributed by atoms with E-state index < -0.39 is 39.9 Å². The summed E-state index contributed by atoms with van der Waals surface area (Å²) in [6.45, 7) is 0.196. The molecule has 0 bridgehead atoms. The second-order valence-corrected chi connectivity index (χ2v) is 14.1. The largest absolute Gasteiger partial charge is 0.436 e. The molecule has 2 N–H and O–H groups in total. The smallest absolute Gasteiger partial charge is 0.412 e. The van der Waals surface area contributed by atoms with E-state index in [1.165, 1.54) is 41.7 Å². The number of hydrogen-bond acceptors (Lipinski definition) is 9. The van der Waals surface area contributed by atoms with E-state index in [2.05, 4.69) is 5.32 Å². The van der Waals surface area contributed by atoms with E-state index in [1.54, 1.807) is 30.4 Å². The highest BCUT2D eigenvalue weighted by atomic mass is 32.2. The average molecular weight is 703 g/mol. The minimum absolute atomic E-state index is 0.0480. The topological polar surface area (TPSA) is 137 Å². The highest BCUT2D eigenvalue weighted by Gasteiger charge is 2.35. The summed E-state index contributed by atoms with van der Waals surface area (Å²) in [5.74, 6) is -1.48. The van der Waals surface area contributed by atoms with Gasteiger partial charge in [-0.2, -0.15) is 8.42 Å². The van der Waals surface area contributed by atoms with E-state index >= 15 is 0 Å². The first-order chi connectivity index (χ1) is 22.9. The van der Waals surface area contributed by atoms with Gasteiger partial charge < -0.3 is 9.64 Å². The van der Waals surface area contributed by atoms with Crippen LogP contribution in [0.1, 0.15) is 23.7 Å². The van der Waals surface area contributed by atoms with Crippen LogP contribution in [0.15, 0.2) is 107 Å². The Morgan fingerprint density at radius 3 is 2.17 bits per heavy atom. The van der Waals surface area contributed by atoms with Gasteiger partial charge >= 0.3 is 6.09 Å². The lowest BCUT2D eigenvalue weighted by molar-refractivity contribution is -0.132. The lowest BCUT2D eigenvalue weighted by atomic mass is 10.1. The molecule has 1 aliphatic carbocycles. The molecule has 0 unspecified atom stereocenters. The fourth-order valence-corrected chi connectivity index (χ4v) is 7.57. The van der Waals surface area contributed by atoms with Crippen LogP contribution in [0.5, 0.6) is 0 Å². The van der Waals surface area contributed by atoms with Gasteiger partial charge in [-0.1, -0.05) is 78.5 Å². The Hall–Kier alpha value is -4.76. The third-order valence-electron chi connectivity index (χ3n) is 8.03. The Morgan fingerprint density at radius 2 is 1.54 bits per heavy atom. The van der Waals surface area contributed by atoms with Gasteiger partial charge in [-0.05, 0) is 54.1 Å². The molecule has 1 fully saturated rings. The highest BCUT2D eigenvalue weighted by Crippen LogP contribution is 2.50. The molecular weight excluding hydrogens is 673 g/mol. The number of thioether (sulfide) groups is 1. The molecule has 2 heterocycles. The number of thiocarbonyl (C=S) groups is 1. The van der Waals surface area contributed by atoms with Crippen molar-refractivity contribution >= 4 is 68.5 Å². The molecule has 0 aromatic heterocycles. The van der Waals surface area contributed by atoms with E-state index in [4.69, 9.17) is 17.0 Å². The normalized spacial score (nSPS) is 16.9. The maximum atomic E-state index is 13.4. The first kappa shape index (κ1) is 33.2. The summed E-state index contributed by atoms with van der Waals surface area (Å²) in [5.41, 5.74) is 4.82. The second kappa shape index (κ2) is 13.4. The van der Waals surface area contributed by atoms with E-state index in [-0.39, 0.29) is 23.7 Å². The van der Waals surface area contributed by atoms with Crippen LogP contribution in [-0.2, 0) is 24.4 Å². The molecule has 3 aliphatic rings. The summed E-state index contributed by atoms with van der Waals surface area (Å²) in [7, 11) is -1.21. The van der Waals surface area contributed by atoms with Crippen LogP contribution in [0, 0.1) is 0 Å². The summed E-state index contributed by atoms with van der Waals surface area (Å²) in [5, 5.41) is 3.69. The maximum Gasteiger partial charge on any atom is 0.412 e. The van der Waals surface area contributed by atoms with Gasteiger partial charge in [0.1, 0.15) is 5.57 Å². The van der Waals surface area contributed by atoms with Crippen LogP contribution in [0.3, 0.4) is 0 Å². The number of nitrogens with one attached hydrogen (secondary N) is 1. The SMILES string of the molecule is CN1C(=O)C(=C/C=C/C=C2\Sc3cccc(NC(=O)OC4c5ccccc5-c5ccccc54)c3N2CCCS(=O)(=O)O)C(=O)N(C)C1=S. The maximum absolute atomic E-state index is 13.4. The van der Waals surface area contributed by atoms with Crippen molar-refractivity contribution in [3.8, 4) is 11.1 Å². The zero-order chi connectivity index (χ0) is 34.2. The van der Waals surface area contributed by atoms with E-state index in [0.29, 0.717) is 16.4 Å². The van der Waals surface area contributed by atoms with E-state index in [0.717, 1.165) is 27.1 Å². The predicted octanol–water partition coefficient (Wildman–Crippen LogP) is 5.73. The van der Waals surface area contributed by atoms with Crippen molar-refractivity contribution in [1.82, 2.24) is 9.80 Å². The Bertz CT molecular complexity index is 1990. The standard InChI is InChI=1S/C34H30N4O7S3/c1-36-31(39)25(32(40)37(2)34(36)46)15-7-8-18-28-38(19-10-20-48(42,43)44)29-26(16-9-17-27(29)47-28)35-33(41)45-30-23-13-5-3-11-21(23)22-12-4-6-14-24(22)30/h3-9,11-18,30H,10,19-20H2,1-2H3,(H,35,41)(H,42,43,44)/b8-7+,28-18-. The molecular formula is C34H30N4O7S3. The minimum Gasteiger partial charge on any atom is -0.436 e. The number of anilines is 2. The van der Waals surface area contributed by atoms with Crippen LogP contribution < -0.4 is 10.2 Å². The summed E-state index contributed by atoms with van der Waals surface area (Å²) in [6, 6.07) is 21.0. The Labute approximate surface area is 287 Å². The number of allylic oxidation sites excluding steroid dienone is 4. The Morgan fingerprint density at radius 1 is 0.938 bits per heavy atom. The number of ether oxygens (including phenoxy) is 1. The van der Waals surface area contributed by atoms with Crippen LogP contribution in [-0.4, -0.2) is 72.2 Å². The molecule has 3 aromatic carbocycles. The molecule has 14 heteroatoms. The number of para-hydroxylation sites is 1. The van der Waals surface area contributed by atoms with Crippen molar-refractivity contribution in [2.45, 2.75) is 17.4 Å². The molecule has 0 saturated carbocycles. The number of benzene rings is 3.